The number of ether oxygens (including phenoxy) is 4. The van der Waals surface area contributed by atoms with E-state index in [0.717, 1.165) is 17.9 Å². The molecule has 5 heterocycles. The number of pyridine rings is 3. The molecule has 33 heavy (non-hydrogen) atoms. The number of aromatic nitrogens is 3. The minimum absolute atomic E-state index is 0.136. The summed E-state index contributed by atoms with van der Waals surface area (Å²) >= 11 is 0. The first-order chi connectivity index (χ1) is 16.2. The van der Waals surface area contributed by atoms with Crippen LogP contribution < -0.4 is 24.8 Å². The van der Waals surface area contributed by atoms with Gasteiger partial charge in [0.25, 0.3) is 5.91 Å². The molecule has 2 N–H and O–H groups in total. The topological polar surface area (TPSA) is 117 Å². The van der Waals surface area contributed by atoms with Crippen LogP contribution >= 0.6 is 0 Å². The van der Waals surface area contributed by atoms with Crippen LogP contribution in [-0.2, 0) is 16.1 Å². The molecule has 0 spiro atoms. The third-order valence-corrected chi connectivity index (χ3v) is 5.65. The summed E-state index contributed by atoms with van der Waals surface area (Å²) in [6.45, 7) is 2.11. The second kappa shape index (κ2) is 9.55. The lowest BCUT2D eigenvalue weighted by Gasteiger charge is -2.29. The summed E-state index contributed by atoms with van der Waals surface area (Å²) in [6.07, 6.45) is 4.23. The van der Waals surface area contributed by atoms with Crippen LogP contribution in [0.15, 0.2) is 36.7 Å². The van der Waals surface area contributed by atoms with Crippen LogP contribution in [0, 0.1) is 0 Å². The number of nitrogens with zero attached hydrogens (tertiary/aromatic N) is 3. The number of carbonyl (C=O) groups is 1. The van der Waals surface area contributed by atoms with Crippen LogP contribution in [0.25, 0.3) is 11.0 Å². The Balaban J connectivity index is 1.14. The highest BCUT2D eigenvalue weighted by Crippen LogP contribution is 2.29. The number of hydrogen-bond donors (Lipinski definition) is 2. The molecular weight excluding hydrogens is 426 g/mol. The summed E-state index contributed by atoms with van der Waals surface area (Å²) < 4.78 is 22.2. The molecule has 172 valence electrons. The molecule has 0 aromatic carbocycles. The SMILES string of the molecule is COc1ccc2nccc(NC(=O)[C@@H]3CC[C@@H](NCc4cc5c(cn4)OCCO5)CO3)c2n1. The lowest BCUT2D eigenvalue weighted by Crippen LogP contribution is -2.43. The molecule has 1 amide bonds. The Morgan fingerprint density at radius 2 is 2.03 bits per heavy atom. The van der Waals surface area contributed by atoms with E-state index in [1.54, 1.807) is 37.7 Å². The molecule has 0 bridgehead atoms. The molecule has 10 heteroatoms. The van der Waals surface area contributed by atoms with Crippen LogP contribution in [0.2, 0.25) is 0 Å². The highest BCUT2D eigenvalue weighted by molar-refractivity contribution is 6.01. The fourth-order valence-corrected chi connectivity index (χ4v) is 3.89. The van der Waals surface area contributed by atoms with Crippen LogP contribution in [0.1, 0.15) is 18.5 Å². The molecule has 3 aromatic rings. The van der Waals surface area contributed by atoms with Crippen molar-refractivity contribution in [3.63, 3.8) is 0 Å². The van der Waals surface area contributed by atoms with E-state index < -0.39 is 6.10 Å². The first kappa shape index (κ1) is 21.4. The summed E-state index contributed by atoms with van der Waals surface area (Å²) in [7, 11) is 1.55. The van der Waals surface area contributed by atoms with Crippen LogP contribution in [0.4, 0.5) is 5.69 Å². The standard InChI is InChI=1S/C23H25N5O5/c1-30-21-5-3-16-22(28-21)17(6-7-24-16)27-23(29)18-4-2-14(13-33-18)25-11-15-10-19-20(12-26-15)32-9-8-31-19/h3,5-7,10,12,14,18,25H,2,4,8-9,11,13H2,1H3,(H,24,27,29)/t14-,18+/m1/s1. The molecule has 10 nitrogen and oxygen atoms in total. The molecular formula is C23H25N5O5. The second-order valence-corrected chi connectivity index (χ2v) is 7.87. The number of methoxy groups -OCH3 is 1. The first-order valence-corrected chi connectivity index (χ1v) is 10.9. The Morgan fingerprint density at radius 1 is 1.15 bits per heavy atom. The van der Waals surface area contributed by atoms with Crippen LogP contribution in [-0.4, -0.2) is 59.9 Å². The molecule has 2 aliphatic heterocycles. The van der Waals surface area contributed by atoms with E-state index in [1.165, 1.54) is 0 Å². The van der Waals surface area contributed by atoms with Gasteiger partial charge in [-0.2, -0.15) is 0 Å². The van der Waals surface area contributed by atoms with E-state index in [2.05, 4.69) is 25.6 Å². The Bertz CT molecular complexity index is 1150. The Kier molecular flexibility index (Phi) is 6.18. The molecule has 3 aromatic heterocycles. The number of anilines is 1. The number of amides is 1. The summed E-state index contributed by atoms with van der Waals surface area (Å²) in [5, 5.41) is 6.37. The average molecular weight is 451 g/mol. The summed E-state index contributed by atoms with van der Waals surface area (Å²) in [4.78, 5) is 25.9. The zero-order valence-corrected chi connectivity index (χ0v) is 18.2. The summed E-state index contributed by atoms with van der Waals surface area (Å²) in [5.74, 6) is 1.66. The van der Waals surface area contributed by atoms with Crippen LogP contribution in [0.5, 0.6) is 17.4 Å². The second-order valence-electron chi connectivity index (χ2n) is 7.87. The van der Waals surface area contributed by atoms with Crippen molar-refractivity contribution >= 4 is 22.6 Å². The minimum atomic E-state index is -0.524. The monoisotopic (exact) mass is 451 g/mol. The number of carbonyl (C=O) groups excluding carboxylic acids is 1. The Hall–Kier alpha value is -3.50. The maximum atomic E-state index is 12.8. The van der Waals surface area contributed by atoms with E-state index in [4.69, 9.17) is 18.9 Å². The van der Waals surface area contributed by atoms with E-state index in [1.807, 2.05) is 6.07 Å². The maximum absolute atomic E-state index is 12.8. The van der Waals surface area contributed by atoms with Gasteiger partial charge in [0.15, 0.2) is 11.5 Å². The third-order valence-electron chi connectivity index (χ3n) is 5.65. The van der Waals surface area contributed by atoms with E-state index in [0.29, 0.717) is 61.1 Å². The van der Waals surface area contributed by atoms with Gasteiger partial charge in [0, 0.05) is 30.9 Å². The quantitative estimate of drug-likeness (QED) is 0.581. The fourth-order valence-electron chi connectivity index (χ4n) is 3.89. The van der Waals surface area contributed by atoms with Crippen molar-refractivity contribution in [1.29, 1.82) is 0 Å². The Labute approximate surface area is 190 Å². The molecule has 5 rings (SSSR count). The number of hydrogen-bond acceptors (Lipinski definition) is 9. The number of rotatable bonds is 6. The van der Waals surface area contributed by atoms with E-state index >= 15 is 0 Å². The van der Waals surface area contributed by atoms with Gasteiger partial charge in [0.1, 0.15) is 24.8 Å². The molecule has 0 radical (unpaired) electrons. The normalized spacial score (nSPS) is 19.8. The van der Waals surface area contributed by atoms with Crippen molar-refractivity contribution in [3.8, 4) is 17.4 Å². The maximum Gasteiger partial charge on any atom is 0.253 e. The van der Waals surface area contributed by atoms with Crippen molar-refractivity contribution in [2.75, 3.05) is 32.2 Å². The minimum Gasteiger partial charge on any atom is -0.486 e. The van der Waals surface area contributed by atoms with E-state index in [9.17, 15) is 4.79 Å². The van der Waals surface area contributed by atoms with Gasteiger partial charge in [-0.3, -0.25) is 14.8 Å². The number of fused-ring (bicyclic) bond motifs is 2. The average Bonchev–Trinajstić information content (AvgIpc) is 2.87. The van der Waals surface area contributed by atoms with Gasteiger partial charge >= 0.3 is 0 Å². The zero-order chi connectivity index (χ0) is 22.6. The van der Waals surface area contributed by atoms with Gasteiger partial charge in [-0.05, 0) is 25.0 Å². The zero-order valence-electron chi connectivity index (χ0n) is 18.2. The molecule has 1 saturated heterocycles. The molecule has 2 atom stereocenters. The smallest absolute Gasteiger partial charge is 0.253 e. The van der Waals surface area contributed by atoms with Crippen molar-refractivity contribution in [3.05, 3.63) is 42.4 Å². The van der Waals surface area contributed by atoms with Crippen molar-refractivity contribution in [2.45, 2.75) is 31.5 Å². The van der Waals surface area contributed by atoms with Crippen molar-refractivity contribution in [2.24, 2.45) is 0 Å². The third kappa shape index (κ3) is 4.81. The highest BCUT2D eigenvalue weighted by Gasteiger charge is 2.27. The molecule has 0 aliphatic carbocycles. The highest BCUT2D eigenvalue weighted by atomic mass is 16.6. The Morgan fingerprint density at radius 3 is 2.85 bits per heavy atom. The van der Waals surface area contributed by atoms with Crippen molar-refractivity contribution in [1.82, 2.24) is 20.3 Å². The molecule has 0 saturated carbocycles. The van der Waals surface area contributed by atoms with Gasteiger partial charge in [-0.1, -0.05) is 0 Å². The summed E-state index contributed by atoms with van der Waals surface area (Å²) in [6, 6.07) is 7.29. The lowest BCUT2D eigenvalue weighted by atomic mass is 10.0. The van der Waals surface area contributed by atoms with Crippen LogP contribution in [0.3, 0.4) is 0 Å². The van der Waals surface area contributed by atoms with Gasteiger partial charge in [-0.15, -0.1) is 0 Å². The molecule has 1 fully saturated rings. The molecule has 2 aliphatic rings. The summed E-state index contributed by atoms with van der Waals surface area (Å²) in [5.41, 5.74) is 2.70. The lowest BCUT2D eigenvalue weighted by molar-refractivity contribution is -0.131. The van der Waals surface area contributed by atoms with Gasteiger partial charge in [-0.25, -0.2) is 4.98 Å². The van der Waals surface area contributed by atoms with Gasteiger partial charge in [0.2, 0.25) is 5.88 Å². The number of nitrogens with one attached hydrogen (secondary N) is 2. The molecule has 0 unspecified atom stereocenters. The van der Waals surface area contributed by atoms with Crippen molar-refractivity contribution < 1.29 is 23.7 Å². The fraction of sp³-hybridized carbons (Fsp3) is 0.391. The van der Waals surface area contributed by atoms with Gasteiger partial charge in [0.05, 0.1) is 36.8 Å². The van der Waals surface area contributed by atoms with E-state index in [-0.39, 0.29) is 11.9 Å². The largest absolute Gasteiger partial charge is 0.486 e. The van der Waals surface area contributed by atoms with Gasteiger partial charge < -0.3 is 29.6 Å². The first-order valence-electron chi connectivity index (χ1n) is 10.9. The predicted octanol–water partition coefficient (Wildman–Crippen LogP) is 2.08. The predicted molar refractivity (Wildman–Crippen MR) is 120 cm³/mol.